The Labute approximate surface area is 140 Å². The molecule has 0 aromatic heterocycles. The van der Waals surface area contributed by atoms with Crippen LogP contribution in [0, 0.1) is 0 Å². The number of unbranched alkanes of at least 4 members (excludes halogenated alkanes) is 8. The Morgan fingerprint density at radius 3 is 1.68 bits per heavy atom. The van der Waals surface area contributed by atoms with Gasteiger partial charge in [-0.3, -0.25) is 5.01 Å². The molecule has 0 unspecified atom stereocenters. The number of hydrogen-bond donors (Lipinski definition) is 0. The first-order valence-corrected chi connectivity index (χ1v) is 9.69. The highest BCUT2D eigenvalue weighted by molar-refractivity contribution is 5.52. The molecule has 0 N–H and O–H groups in total. The van der Waals surface area contributed by atoms with Gasteiger partial charge in [-0.1, -0.05) is 84.1 Å². The average Bonchev–Trinajstić information content (AvgIpc) is 2.52. The van der Waals surface area contributed by atoms with Crippen LogP contribution in [0.1, 0.15) is 105 Å². The molecule has 0 saturated carbocycles. The lowest BCUT2D eigenvalue weighted by Gasteiger charge is -2.26. The molecular weight excluding hydrogens is 268 g/mol. The maximum Gasteiger partial charge on any atom is 0.0518 e. The smallest absolute Gasteiger partial charge is 0.0518 e. The molecule has 2 nitrogen and oxygen atoms in total. The summed E-state index contributed by atoms with van der Waals surface area (Å²) in [5.41, 5.74) is 0. The normalized spacial score (nSPS) is 12.0. The van der Waals surface area contributed by atoms with Gasteiger partial charge >= 0.3 is 0 Å². The van der Waals surface area contributed by atoms with Crippen molar-refractivity contribution in [2.45, 2.75) is 111 Å². The second-order valence-electron chi connectivity index (χ2n) is 6.30. The first-order valence-electron chi connectivity index (χ1n) is 9.69. The largest absolute Gasteiger partial charge is 0.270 e. The van der Waals surface area contributed by atoms with Crippen molar-refractivity contribution in [2.24, 2.45) is 5.10 Å². The second-order valence-corrected chi connectivity index (χ2v) is 6.30. The summed E-state index contributed by atoms with van der Waals surface area (Å²) in [5, 5.41) is 6.76. The van der Waals surface area contributed by atoms with E-state index in [0.29, 0.717) is 6.04 Å². The Bertz CT molecular complexity index is 245. The molecule has 0 aliphatic rings. The Morgan fingerprint density at radius 2 is 1.27 bits per heavy atom. The van der Waals surface area contributed by atoms with Crippen molar-refractivity contribution in [3.8, 4) is 0 Å². The molecule has 22 heavy (non-hydrogen) atoms. The number of nitrogens with zero attached hydrogens (tertiary/aromatic N) is 2. The molecular formula is C20H40N2. The van der Waals surface area contributed by atoms with Crippen molar-refractivity contribution >= 4 is 6.21 Å². The van der Waals surface area contributed by atoms with E-state index in [2.05, 4.69) is 43.2 Å². The highest BCUT2D eigenvalue weighted by Gasteiger charge is 2.14. The van der Waals surface area contributed by atoms with Crippen molar-refractivity contribution < 1.29 is 0 Å². The van der Waals surface area contributed by atoms with Crippen LogP contribution in [0.5, 0.6) is 0 Å². The molecule has 0 atom stereocenters. The molecule has 0 spiro atoms. The van der Waals surface area contributed by atoms with Crippen LogP contribution in [0.4, 0.5) is 0 Å². The van der Waals surface area contributed by atoms with E-state index in [1.54, 1.807) is 0 Å². The van der Waals surface area contributed by atoms with Crippen LogP contribution in [0.25, 0.3) is 0 Å². The fourth-order valence-electron chi connectivity index (χ4n) is 2.92. The van der Waals surface area contributed by atoms with Gasteiger partial charge in [0.25, 0.3) is 0 Å². The Morgan fingerprint density at radius 1 is 0.773 bits per heavy atom. The van der Waals surface area contributed by atoms with E-state index in [4.69, 9.17) is 0 Å². The van der Waals surface area contributed by atoms with Gasteiger partial charge in [-0.25, -0.2) is 0 Å². The fraction of sp³-hybridized carbons (Fsp3) is 0.850. The third-order valence-electron chi connectivity index (χ3n) is 4.21. The second kappa shape index (κ2) is 16.6. The van der Waals surface area contributed by atoms with Crippen LogP contribution in [0.2, 0.25) is 0 Å². The number of hydrogen-bond acceptors (Lipinski definition) is 2. The minimum absolute atomic E-state index is 0.579. The number of hydrazone groups is 1. The summed E-state index contributed by atoms with van der Waals surface area (Å²) < 4.78 is 0. The van der Waals surface area contributed by atoms with Crippen LogP contribution in [0.3, 0.4) is 0 Å². The van der Waals surface area contributed by atoms with Crippen molar-refractivity contribution in [3.05, 3.63) is 12.3 Å². The van der Waals surface area contributed by atoms with Crippen molar-refractivity contribution in [3.63, 3.8) is 0 Å². The summed E-state index contributed by atoms with van der Waals surface area (Å²) in [4.78, 5) is 0. The van der Waals surface area contributed by atoms with E-state index < -0.39 is 0 Å². The fourth-order valence-corrected chi connectivity index (χ4v) is 2.92. The standard InChI is InChI=1S/C20H40N2/c1-5-9-11-13-15-17-20(18-16-14-12-10-6-2)22(19-7-3)21-8-4/h7-8,19-20H,5-6,9-18H2,1-4H3/b19-7-,21-8-. The minimum atomic E-state index is 0.579. The van der Waals surface area contributed by atoms with E-state index in [9.17, 15) is 0 Å². The minimum Gasteiger partial charge on any atom is -0.270 e. The third kappa shape index (κ3) is 11.8. The van der Waals surface area contributed by atoms with Gasteiger partial charge in [0.05, 0.1) is 6.04 Å². The van der Waals surface area contributed by atoms with E-state index in [-0.39, 0.29) is 0 Å². The number of rotatable bonds is 15. The number of allylic oxidation sites excluding steroid dienone is 1. The summed E-state index contributed by atoms with van der Waals surface area (Å²) in [6, 6.07) is 0.579. The van der Waals surface area contributed by atoms with Crippen molar-refractivity contribution in [2.75, 3.05) is 0 Å². The topological polar surface area (TPSA) is 15.6 Å². The van der Waals surface area contributed by atoms with Gasteiger partial charge in [-0.15, -0.1) is 0 Å². The highest BCUT2D eigenvalue weighted by atomic mass is 15.5. The van der Waals surface area contributed by atoms with Gasteiger partial charge in [0.1, 0.15) is 0 Å². The van der Waals surface area contributed by atoms with Crippen LogP contribution in [-0.2, 0) is 0 Å². The van der Waals surface area contributed by atoms with Gasteiger partial charge in [0.15, 0.2) is 0 Å². The van der Waals surface area contributed by atoms with Gasteiger partial charge in [0.2, 0.25) is 0 Å². The van der Waals surface area contributed by atoms with E-state index in [1.807, 2.05) is 13.1 Å². The summed E-state index contributed by atoms with van der Waals surface area (Å²) in [6.45, 7) is 8.65. The maximum absolute atomic E-state index is 4.57. The Hall–Kier alpha value is -0.790. The van der Waals surface area contributed by atoms with Crippen LogP contribution in [0.15, 0.2) is 17.4 Å². The Balaban J connectivity index is 4.27. The van der Waals surface area contributed by atoms with Gasteiger partial charge in [-0.05, 0) is 26.7 Å². The molecule has 2 heteroatoms. The van der Waals surface area contributed by atoms with Gasteiger partial charge in [0, 0.05) is 12.4 Å². The predicted molar refractivity (Wildman–Crippen MR) is 101 cm³/mol. The first-order chi connectivity index (χ1) is 10.8. The molecule has 0 radical (unpaired) electrons. The lowest BCUT2D eigenvalue weighted by Crippen LogP contribution is -2.26. The molecule has 0 aromatic carbocycles. The summed E-state index contributed by atoms with van der Waals surface area (Å²) in [6.07, 6.45) is 22.3. The predicted octanol–water partition coefficient (Wildman–Crippen LogP) is 6.92. The quantitative estimate of drug-likeness (QED) is 0.182. The zero-order chi connectivity index (χ0) is 16.5. The van der Waals surface area contributed by atoms with Crippen LogP contribution in [-0.4, -0.2) is 17.3 Å². The van der Waals surface area contributed by atoms with E-state index >= 15 is 0 Å². The van der Waals surface area contributed by atoms with Crippen LogP contribution >= 0.6 is 0 Å². The molecule has 0 fully saturated rings. The average molecular weight is 309 g/mol. The van der Waals surface area contributed by atoms with E-state index in [0.717, 1.165) is 0 Å². The molecule has 0 rings (SSSR count). The Kier molecular flexibility index (Phi) is 16.0. The van der Waals surface area contributed by atoms with E-state index in [1.165, 1.54) is 77.0 Å². The summed E-state index contributed by atoms with van der Waals surface area (Å²) >= 11 is 0. The molecule has 0 aliphatic carbocycles. The lowest BCUT2D eigenvalue weighted by molar-refractivity contribution is 0.247. The molecule has 0 heterocycles. The third-order valence-corrected chi connectivity index (χ3v) is 4.21. The monoisotopic (exact) mass is 308 g/mol. The molecule has 0 aliphatic heterocycles. The summed E-state index contributed by atoms with van der Waals surface area (Å²) in [7, 11) is 0. The molecule has 0 aromatic rings. The molecule has 0 amide bonds. The SMILES string of the molecule is C/C=C\N(/N=C\C)C(CCCCCCC)CCCCCCC. The maximum atomic E-state index is 4.57. The lowest BCUT2D eigenvalue weighted by atomic mass is 10.00. The van der Waals surface area contributed by atoms with Gasteiger partial charge in [-0.2, -0.15) is 5.10 Å². The molecule has 0 bridgehead atoms. The van der Waals surface area contributed by atoms with Crippen molar-refractivity contribution in [1.29, 1.82) is 0 Å². The molecule has 130 valence electrons. The van der Waals surface area contributed by atoms with Crippen molar-refractivity contribution in [1.82, 2.24) is 5.01 Å². The zero-order valence-corrected chi connectivity index (χ0v) is 15.7. The summed E-state index contributed by atoms with van der Waals surface area (Å²) in [5.74, 6) is 0. The molecule has 0 saturated heterocycles. The first kappa shape index (κ1) is 21.2. The van der Waals surface area contributed by atoms with Crippen LogP contribution < -0.4 is 0 Å². The highest BCUT2D eigenvalue weighted by Crippen LogP contribution is 2.19. The zero-order valence-electron chi connectivity index (χ0n) is 15.7. The van der Waals surface area contributed by atoms with Gasteiger partial charge < -0.3 is 0 Å².